The second kappa shape index (κ2) is 6.61. The monoisotopic (exact) mass is 352 g/mol. The Labute approximate surface area is 141 Å². The average molecular weight is 352 g/mol. The molecule has 25 heavy (non-hydrogen) atoms. The van der Waals surface area contributed by atoms with Crippen LogP contribution in [-0.2, 0) is 38.4 Å². The number of amides is 4. The number of hydrogen-bond acceptors (Lipinski definition) is 8. The van der Waals surface area contributed by atoms with E-state index in [1.807, 2.05) is 0 Å². The Hall–Kier alpha value is -2.78. The lowest BCUT2D eigenvalue weighted by Crippen LogP contribution is -2.40. The second-order valence-corrected chi connectivity index (χ2v) is 6.28. The van der Waals surface area contributed by atoms with Crippen LogP contribution < -0.4 is 0 Å². The van der Waals surface area contributed by atoms with Crippen LogP contribution >= 0.6 is 0 Å². The number of carbonyl (C=O) groups is 6. The molecule has 10 nitrogen and oxygen atoms in total. The van der Waals surface area contributed by atoms with E-state index in [1.165, 1.54) is 0 Å². The number of hydroxylamine groups is 4. The minimum atomic E-state index is -0.717. The minimum Gasteiger partial charge on any atom is -0.330 e. The number of imide groups is 2. The summed E-state index contributed by atoms with van der Waals surface area (Å²) < 4.78 is 0. The van der Waals surface area contributed by atoms with Gasteiger partial charge in [0, 0.05) is 25.7 Å². The van der Waals surface area contributed by atoms with Gasteiger partial charge in [-0.25, -0.2) is 9.59 Å². The summed E-state index contributed by atoms with van der Waals surface area (Å²) in [5.41, 5.74) is 0. The Morgan fingerprint density at radius 3 is 1.72 bits per heavy atom. The van der Waals surface area contributed by atoms with Crippen LogP contribution in [0.4, 0.5) is 0 Å². The fourth-order valence-corrected chi connectivity index (χ4v) is 2.95. The molecule has 1 saturated carbocycles. The highest BCUT2D eigenvalue weighted by Gasteiger charge is 2.41. The predicted molar refractivity (Wildman–Crippen MR) is 75.2 cm³/mol. The molecule has 4 amide bonds. The smallest absolute Gasteiger partial charge is 0.330 e. The van der Waals surface area contributed by atoms with Gasteiger partial charge in [0.05, 0.1) is 12.3 Å². The molecule has 0 spiro atoms. The van der Waals surface area contributed by atoms with Gasteiger partial charge < -0.3 is 9.68 Å². The summed E-state index contributed by atoms with van der Waals surface area (Å²) in [6.07, 6.45) is 0.744. The average Bonchev–Trinajstić information content (AvgIpc) is 3.00. The number of carbonyl (C=O) groups excluding carboxylic acids is 6. The molecule has 10 heteroatoms. The third kappa shape index (κ3) is 3.52. The van der Waals surface area contributed by atoms with Gasteiger partial charge in [-0.15, -0.1) is 10.1 Å². The van der Waals surface area contributed by atoms with Crippen molar-refractivity contribution in [2.75, 3.05) is 0 Å². The van der Waals surface area contributed by atoms with E-state index in [9.17, 15) is 28.8 Å². The van der Waals surface area contributed by atoms with Crippen LogP contribution in [-0.4, -0.2) is 45.7 Å². The zero-order valence-corrected chi connectivity index (χ0v) is 13.3. The van der Waals surface area contributed by atoms with Crippen molar-refractivity contribution in [3.63, 3.8) is 0 Å². The number of nitrogens with zero attached hydrogens (tertiary/aromatic N) is 2. The van der Waals surface area contributed by atoms with Crippen molar-refractivity contribution in [3.05, 3.63) is 0 Å². The van der Waals surface area contributed by atoms with Crippen molar-refractivity contribution in [1.29, 1.82) is 0 Å². The second-order valence-electron chi connectivity index (χ2n) is 6.28. The Kier molecular flexibility index (Phi) is 4.51. The van der Waals surface area contributed by atoms with E-state index in [0.717, 1.165) is 0 Å². The van der Waals surface area contributed by atoms with Gasteiger partial charge in [-0.2, -0.15) is 0 Å². The Morgan fingerprint density at radius 1 is 0.800 bits per heavy atom. The van der Waals surface area contributed by atoms with Crippen LogP contribution in [0, 0.1) is 11.8 Å². The maximum absolute atomic E-state index is 11.9. The maximum atomic E-state index is 11.9. The summed E-state index contributed by atoms with van der Waals surface area (Å²) in [6, 6.07) is 0. The van der Waals surface area contributed by atoms with Gasteiger partial charge >= 0.3 is 11.9 Å². The highest BCUT2D eigenvalue weighted by atomic mass is 16.7. The van der Waals surface area contributed by atoms with Crippen molar-refractivity contribution in [2.45, 2.75) is 44.9 Å². The van der Waals surface area contributed by atoms with Gasteiger partial charge in [-0.05, 0) is 18.8 Å². The van der Waals surface area contributed by atoms with Gasteiger partial charge in [-0.3, -0.25) is 19.2 Å². The van der Waals surface area contributed by atoms with Crippen LogP contribution in [0.15, 0.2) is 0 Å². The van der Waals surface area contributed by atoms with Crippen LogP contribution in [0.1, 0.15) is 44.9 Å². The molecule has 0 aromatic rings. The van der Waals surface area contributed by atoms with E-state index < -0.39 is 41.5 Å². The van der Waals surface area contributed by atoms with Gasteiger partial charge in [0.2, 0.25) is 0 Å². The van der Waals surface area contributed by atoms with Crippen molar-refractivity contribution >= 4 is 35.6 Å². The Morgan fingerprint density at radius 2 is 1.24 bits per heavy atom. The lowest BCUT2D eigenvalue weighted by atomic mass is 9.73. The Bertz CT molecular complexity index is 634. The quantitative estimate of drug-likeness (QED) is 0.613. The third-order valence-electron chi connectivity index (χ3n) is 4.41. The van der Waals surface area contributed by atoms with Gasteiger partial charge in [0.15, 0.2) is 0 Å². The van der Waals surface area contributed by atoms with Crippen LogP contribution in [0.2, 0.25) is 0 Å². The van der Waals surface area contributed by atoms with Crippen LogP contribution in [0.5, 0.6) is 0 Å². The summed E-state index contributed by atoms with van der Waals surface area (Å²) in [5, 5.41) is 0.978. The molecule has 1 aliphatic carbocycles. The molecule has 2 aliphatic heterocycles. The van der Waals surface area contributed by atoms with E-state index in [1.54, 1.807) is 0 Å². The van der Waals surface area contributed by atoms with E-state index in [2.05, 4.69) is 0 Å². The van der Waals surface area contributed by atoms with Gasteiger partial charge in [0.25, 0.3) is 23.6 Å². The molecule has 0 aromatic heterocycles. The zero-order chi connectivity index (χ0) is 18.1. The predicted octanol–water partition coefficient (Wildman–Crippen LogP) is -0.383. The van der Waals surface area contributed by atoms with Crippen LogP contribution in [0.25, 0.3) is 0 Å². The molecule has 3 aliphatic rings. The molecule has 2 heterocycles. The molecule has 134 valence electrons. The lowest BCUT2D eigenvalue weighted by Gasteiger charge is -2.33. The highest BCUT2D eigenvalue weighted by Crippen LogP contribution is 2.37. The molecular weight excluding hydrogens is 336 g/mol. The summed E-state index contributed by atoms with van der Waals surface area (Å²) >= 11 is 0. The standard InChI is InChI=1S/C15H16N2O8/c18-10-1-2-11(19)16(10)24-14(22)7-8-5-9(6-8)15(23)25-17-12(20)3-4-13(17)21/h8-9H,1-7H2. The zero-order valence-electron chi connectivity index (χ0n) is 13.3. The lowest BCUT2D eigenvalue weighted by molar-refractivity contribution is -0.205. The highest BCUT2D eigenvalue weighted by molar-refractivity contribution is 6.02. The van der Waals surface area contributed by atoms with Crippen LogP contribution in [0.3, 0.4) is 0 Å². The van der Waals surface area contributed by atoms with E-state index in [0.29, 0.717) is 23.0 Å². The van der Waals surface area contributed by atoms with Gasteiger partial charge in [-0.1, -0.05) is 0 Å². The third-order valence-corrected chi connectivity index (χ3v) is 4.41. The molecule has 0 radical (unpaired) electrons. The summed E-state index contributed by atoms with van der Waals surface area (Å²) in [7, 11) is 0. The molecule has 0 unspecified atom stereocenters. The number of hydrogen-bond donors (Lipinski definition) is 0. The fourth-order valence-electron chi connectivity index (χ4n) is 2.95. The summed E-state index contributed by atoms with van der Waals surface area (Å²) in [6.45, 7) is 0. The van der Waals surface area contributed by atoms with Crippen molar-refractivity contribution in [1.82, 2.24) is 10.1 Å². The van der Waals surface area contributed by atoms with Crippen molar-refractivity contribution < 1.29 is 38.4 Å². The first-order valence-electron chi connectivity index (χ1n) is 7.99. The minimum absolute atomic E-state index is 0.0252. The normalized spacial score (nSPS) is 26.1. The maximum Gasteiger partial charge on any atom is 0.336 e. The molecule has 0 atom stereocenters. The van der Waals surface area contributed by atoms with E-state index in [-0.39, 0.29) is 38.0 Å². The fraction of sp³-hybridized carbons (Fsp3) is 0.600. The first-order chi connectivity index (χ1) is 11.8. The first-order valence-corrected chi connectivity index (χ1v) is 7.99. The largest absolute Gasteiger partial charge is 0.336 e. The molecule has 3 rings (SSSR count). The van der Waals surface area contributed by atoms with Crippen molar-refractivity contribution in [2.24, 2.45) is 11.8 Å². The molecular formula is C15H16N2O8. The SMILES string of the molecule is O=C(CC1CC(C(=O)ON2C(=O)CCC2=O)C1)ON1C(=O)CCC1=O. The van der Waals surface area contributed by atoms with E-state index in [4.69, 9.17) is 9.68 Å². The molecule has 0 aromatic carbocycles. The molecule has 2 saturated heterocycles. The summed E-state index contributed by atoms with van der Waals surface area (Å²) in [5.74, 6) is -4.24. The molecule has 0 bridgehead atoms. The Balaban J connectivity index is 1.40. The topological polar surface area (TPSA) is 127 Å². The van der Waals surface area contributed by atoms with Gasteiger partial charge in [0.1, 0.15) is 0 Å². The number of rotatable bonds is 5. The molecule has 3 fully saturated rings. The first kappa shape index (κ1) is 17.1. The van der Waals surface area contributed by atoms with Crippen molar-refractivity contribution in [3.8, 4) is 0 Å². The van der Waals surface area contributed by atoms with E-state index >= 15 is 0 Å². The molecule has 0 N–H and O–H groups in total. The summed E-state index contributed by atoms with van der Waals surface area (Å²) in [4.78, 5) is 78.7.